The molecule has 0 atom stereocenters. The maximum atomic E-state index is 13.6. The number of carbonyl (C=O) groups excluding carboxylic acids is 3. The van der Waals surface area contributed by atoms with Crippen molar-refractivity contribution in [3.63, 3.8) is 0 Å². The van der Waals surface area contributed by atoms with E-state index in [0.29, 0.717) is 54.3 Å². The SMILES string of the molecule is CCO.COc1ccc(-n2nc(C(N)=O)c3c2C(=O)N(c2ccc(N4CCCCC4=O)cc2)CC3)cc1. The highest BCUT2D eigenvalue weighted by atomic mass is 16.5. The Bertz CT molecular complexity index is 1280. The molecule has 3 N–H and O–H groups in total. The lowest BCUT2D eigenvalue weighted by Crippen LogP contribution is -2.39. The van der Waals surface area contributed by atoms with Crippen LogP contribution in [0.25, 0.3) is 5.69 Å². The van der Waals surface area contributed by atoms with Crippen molar-refractivity contribution in [3.8, 4) is 11.4 Å². The monoisotopic (exact) mass is 505 g/mol. The maximum absolute atomic E-state index is 13.6. The molecule has 3 amide bonds. The van der Waals surface area contributed by atoms with E-state index < -0.39 is 5.91 Å². The number of ether oxygens (including phenoxy) is 1. The van der Waals surface area contributed by atoms with E-state index in [1.165, 1.54) is 4.68 Å². The third kappa shape index (κ3) is 5.19. The molecule has 37 heavy (non-hydrogen) atoms. The molecule has 5 rings (SSSR count). The van der Waals surface area contributed by atoms with E-state index in [0.717, 1.165) is 18.5 Å². The smallest absolute Gasteiger partial charge is 0.277 e. The molecule has 10 nitrogen and oxygen atoms in total. The molecular weight excluding hydrogens is 474 g/mol. The average Bonchev–Trinajstić information content (AvgIpc) is 3.31. The number of aromatic nitrogens is 2. The number of nitrogens with two attached hydrogens (primary N) is 1. The number of fused-ring (bicyclic) bond motifs is 1. The second-order valence-electron chi connectivity index (χ2n) is 8.69. The van der Waals surface area contributed by atoms with Crippen molar-refractivity contribution >= 4 is 29.1 Å². The third-order valence-corrected chi connectivity index (χ3v) is 6.36. The van der Waals surface area contributed by atoms with Crippen LogP contribution in [0.5, 0.6) is 5.75 Å². The summed E-state index contributed by atoms with van der Waals surface area (Å²) in [7, 11) is 1.57. The Morgan fingerprint density at radius 2 is 1.54 bits per heavy atom. The van der Waals surface area contributed by atoms with Crippen molar-refractivity contribution in [1.29, 1.82) is 0 Å². The molecule has 0 radical (unpaired) electrons. The van der Waals surface area contributed by atoms with Gasteiger partial charge < -0.3 is 25.4 Å². The molecule has 3 aromatic rings. The summed E-state index contributed by atoms with van der Waals surface area (Å²) in [6, 6.07) is 14.5. The van der Waals surface area contributed by atoms with Gasteiger partial charge in [0, 0.05) is 43.1 Å². The number of nitrogens with zero attached hydrogens (tertiary/aromatic N) is 4. The number of aliphatic hydroxyl groups is 1. The predicted molar refractivity (Wildman–Crippen MR) is 139 cm³/mol. The molecule has 10 heteroatoms. The molecule has 2 aliphatic heterocycles. The van der Waals surface area contributed by atoms with E-state index in [1.807, 2.05) is 24.3 Å². The second kappa shape index (κ2) is 11.3. The van der Waals surface area contributed by atoms with Crippen LogP contribution >= 0.6 is 0 Å². The zero-order valence-corrected chi connectivity index (χ0v) is 21.0. The van der Waals surface area contributed by atoms with Gasteiger partial charge in [0.1, 0.15) is 11.4 Å². The quantitative estimate of drug-likeness (QED) is 0.548. The minimum Gasteiger partial charge on any atom is -0.497 e. The Labute approximate surface area is 215 Å². The molecule has 1 aromatic heterocycles. The first-order valence-corrected chi connectivity index (χ1v) is 12.3. The van der Waals surface area contributed by atoms with Gasteiger partial charge in [-0.05, 0) is 74.7 Å². The molecule has 2 aliphatic rings. The zero-order chi connectivity index (χ0) is 26.5. The van der Waals surface area contributed by atoms with Gasteiger partial charge in [0.25, 0.3) is 11.8 Å². The first kappa shape index (κ1) is 25.9. The van der Waals surface area contributed by atoms with Gasteiger partial charge in [-0.25, -0.2) is 4.68 Å². The van der Waals surface area contributed by atoms with E-state index in [1.54, 1.807) is 48.1 Å². The number of primary amides is 1. The van der Waals surface area contributed by atoms with Gasteiger partial charge in [-0.1, -0.05) is 0 Å². The molecule has 0 aliphatic carbocycles. The highest BCUT2D eigenvalue weighted by Crippen LogP contribution is 2.31. The topological polar surface area (TPSA) is 131 Å². The van der Waals surface area contributed by atoms with Gasteiger partial charge in [-0.2, -0.15) is 5.10 Å². The number of aliphatic hydroxyl groups excluding tert-OH is 1. The summed E-state index contributed by atoms with van der Waals surface area (Å²) in [4.78, 5) is 41.4. The fourth-order valence-electron chi connectivity index (χ4n) is 4.61. The highest BCUT2D eigenvalue weighted by molar-refractivity contribution is 6.09. The maximum Gasteiger partial charge on any atom is 0.277 e. The lowest BCUT2D eigenvalue weighted by Gasteiger charge is -2.29. The van der Waals surface area contributed by atoms with Crippen molar-refractivity contribution < 1.29 is 24.2 Å². The number of benzene rings is 2. The number of hydrogen-bond acceptors (Lipinski definition) is 6. The standard InChI is InChI=1S/C25H25N5O4.C2H6O/c1-34-19-11-9-18(10-12-19)30-23-20(22(27-30)24(26)32)13-15-29(25(23)33)17-7-5-16(6-8-17)28-14-3-2-4-21(28)31;1-2-3/h5-12H,2-4,13-15H2,1H3,(H2,26,32);3H,2H2,1H3. The average molecular weight is 506 g/mol. The van der Waals surface area contributed by atoms with Crippen LogP contribution in [0.1, 0.15) is 52.7 Å². The second-order valence-corrected chi connectivity index (χ2v) is 8.69. The van der Waals surface area contributed by atoms with Gasteiger partial charge in [0.05, 0.1) is 12.8 Å². The Morgan fingerprint density at radius 3 is 2.11 bits per heavy atom. The molecule has 0 bridgehead atoms. The van der Waals surface area contributed by atoms with Crippen LogP contribution in [0.3, 0.4) is 0 Å². The summed E-state index contributed by atoms with van der Waals surface area (Å²) in [5, 5.41) is 12.0. The third-order valence-electron chi connectivity index (χ3n) is 6.36. The van der Waals surface area contributed by atoms with Gasteiger partial charge in [-0.3, -0.25) is 14.4 Å². The van der Waals surface area contributed by atoms with Crippen LogP contribution in [0.4, 0.5) is 11.4 Å². The summed E-state index contributed by atoms with van der Waals surface area (Å²) >= 11 is 0. The first-order valence-electron chi connectivity index (χ1n) is 12.3. The normalized spacial score (nSPS) is 15.1. The number of carbonyl (C=O) groups is 3. The van der Waals surface area contributed by atoms with Crippen LogP contribution in [0.15, 0.2) is 48.5 Å². The fourth-order valence-corrected chi connectivity index (χ4v) is 4.61. The molecule has 0 spiro atoms. The van der Waals surface area contributed by atoms with Gasteiger partial charge in [0.2, 0.25) is 5.91 Å². The Balaban J connectivity index is 0.00000102. The number of anilines is 2. The first-order chi connectivity index (χ1) is 17.9. The number of hydrogen-bond donors (Lipinski definition) is 2. The lowest BCUT2D eigenvalue weighted by molar-refractivity contribution is -0.119. The summed E-state index contributed by atoms with van der Waals surface area (Å²) in [6.45, 7) is 3.03. The number of piperidine rings is 1. The van der Waals surface area contributed by atoms with Crippen LogP contribution < -0.4 is 20.3 Å². The minimum absolute atomic E-state index is 0.109. The summed E-state index contributed by atoms with van der Waals surface area (Å²) in [6.07, 6.45) is 2.92. The minimum atomic E-state index is -0.666. The van der Waals surface area contributed by atoms with Crippen LogP contribution in [-0.2, 0) is 11.2 Å². The summed E-state index contributed by atoms with van der Waals surface area (Å²) in [5.74, 6) is -0.139. The Kier molecular flexibility index (Phi) is 7.88. The molecule has 0 saturated carbocycles. The van der Waals surface area contributed by atoms with Crippen LogP contribution in [-0.4, -0.2) is 59.4 Å². The molecule has 1 fully saturated rings. The van der Waals surface area contributed by atoms with E-state index in [9.17, 15) is 14.4 Å². The summed E-state index contributed by atoms with van der Waals surface area (Å²) < 4.78 is 6.69. The largest absolute Gasteiger partial charge is 0.497 e. The van der Waals surface area contributed by atoms with E-state index in [4.69, 9.17) is 15.6 Å². The number of methoxy groups -OCH3 is 1. The van der Waals surface area contributed by atoms with Gasteiger partial charge in [-0.15, -0.1) is 0 Å². The Morgan fingerprint density at radius 1 is 0.946 bits per heavy atom. The summed E-state index contributed by atoms with van der Waals surface area (Å²) in [5.41, 5.74) is 8.73. The van der Waals surface area contributed by atoms with Crippen molar-refractivity contribution in [1.82, 2.24) is 9.78 Å². The Hall–Kier alpha value is -4.18. The molecule has 3 heterocycles. The van der Waals surface area contributed by atoms with Crippen molar-refractivity contribution in [2.45, 2.75) is 32.6 Å². The highest BCUT2D eigenvalue weighted by Gasteiger charge is 2.34. The molecule has 0 unspecified atom stereocenters. The molecule has 1 saturated heterocycles. The van der Waals surface area contributed by atoms with Crippen molar-refractivity contribution in [3.05, 3.63) is 65.5 Å². The van der Waals surface area contributed by atoms with E-state index in [-0.39, 0.29) is 24.1 Å². The van der Waals surface area contributed by atoms with Gasteiger partial charge >= 0.3 is 0 Å². The number of rotatable bonds is 5. The van der Waals surface area contributed by atoms with E-state index in [2.05, 4.69) is 5.10 Å². The molecular formula is C27H31N5O5. The zero-order valence-electron chi connectivity index (χ0n) is 21.0. The van der Waals surface area contributed by atoms with Crippen LogP contribution in [0, 0.1) is 0 Å². The fraction of sp³-hybridized carbons (Fsp3) is 0.333. The number of amides is 3. The van der Waals surface area contributed by atoms with Crippen molar-refractivity contribution in [2.24, 2.45) is 5.73 Å². The van der Waals surface area contributed by atoms with Crippen molar-refractivity contribution in [2.75, 3.05) is 36.6 Å². The molecule has 2 aromatic carbocycles. The van der Waals surface area contributed by atoms with Gasteiger partial charge in [0.15, 0.2) is 5.69 Å². The lowest BCUT2D eigenvalue weighted by atomic mass is 10.0. The molecule has 194 valence electrons. The van der Waals surface area contributed by atoms with Crippen LogP contribution in [0.2, 0.25) is 0 Å². The predicted octanol–water partition coefficient (Wildman–Crippen LogP) is 2.70. The van der Waals surface area contributed by atoms with E-state index >= 15 is 0 Å².